The van der Waals surface area contributed by atoms with Crippen LogP contribution in [-0.4, -0.2) is 54.3 Å². The van der Waals surface area contributed by atoms with Crippen LogP contribution in [0.3, 0.4) is 0 Å². The van der Waals surface area contributed by atoms with Crippen molar-refractivity contribution in [1.82, 2.24) is 9.62 Å². The molecular weight excluding hydrogens is 486 g/mol. The smallest absolute Gasteiger partial charge is 0.271 e. The van der Waals surface area contributed by atoms with Crippen LogP contribution in [0, 0.1) is 0 Å². The molecule has 1 aromatic heterocycles. The Bertz CT molecular complexity index is 1290. The van der Waals surface area contributed by atoms with E-state index in [1.165, 1.54) is 56.6 Å². The minimum Gasteiger partial charge on any atom is -0.492 e. The molecule has 176 valence electrons. The lowest BCUT2D eigenvalue weighted by Gasteiger charge is -2.12. The number of carbonyl (C=O) groups excluding carboxylic acids is 1. The van der Waals surface area contributed by atoms with E-state index in [-0.39, 0.29) is 28.2 Å². The molecule has 12 heteroatoms. The number of anilines is 1. The summed E-state index contributed by atoms with van der Waals surface area (Å²) in [6.07, 6.45) is 0. The van der Waals surface area contributed by atoms with Crippen LogP contribution in [0.1, 0.15) is 10.4 Å². The lowest BCUT2D eigenvalue weighted by molar-refractivity contribution is 0.0947. The molecule has 0 radical (unpaired) electrons. The summed E-state index contributed by atoms with van der Waals surface area (Å²) in [7, 11) is -4.23. The van der Waals surface area contributed by atoms with Gasteiger partial charge in [-0.05, 0) is 60.0 Å². The Balaban J connectivity index is 1.47. The van der Waals surface area contributed by atoms with Crippen LogP contribution in [0.5, 0.6) is 5.75 Å². The molecule has 0 aliphatic rings. The molecule has 33 heavy (non-hydrogen) atoms. The first-order chi connectivity index (χ1) is 15.6. The van der Waals surface area contributed by atoms with Gasteiger partial charge in [0.2, 0.25) is 10.0 Å². The van der Waals surface area contributed by atoms with Crippen LogP contribution >= 0.6 is 11.3 Å². The lowest BCUT2D eigenvalue weighted by atomic mass is 10.2. The van der Waals surface area contributed by atoms with Gasteiger partial charge in [-0.3, -0.25) is 9.52 Å². The van der Waals surface area contributed by atoms with Crippen molar-refractivity contribution in [2.45, 2.75) is 9.10 Å². The minimum atomic E-state index is -3.65. The van der Waals surface area contributed by atoms with Crippen LogP contribution < -0.4 is 14.8 Å². The van der Waals surface area contributed by atoms with Gasteiger partial charge >= 0.3 is 0 Å². The maximum absolute atomic E-state index is 12.3. The van der Waals surface area contributed by atoms with E-state index in [1.54, 1.807) is 23.6 Å². The average molecular weight is 510 g/mol. The van der Waals surface area contributed by atoms with Crippen LogP contribution in [0.25, 0.3) is 0 Å². The maximum Gasteiger partial charge on any atom is 0.271 e. The highest BCUT2D eigenvalue weighted by Crippen LogP contribution is 2.21. The molecule has 0 atom stereocenters. The topological polar surface area (TPSA) is 122 Å². The van der Waals surface area contributed by atoms with Gasteiger partial charge in [0.15, 0.2) is 0 Å². The summed E-state index contributed by atoms with van der Waals surface area (Å²) in [4.78, 5) is 12.4. The highest BCUT2D eigenvalue weighted by atomic mass is 32.2. The first-order valence-corrected chi connectivity index (χ1v) is 13.5. The summed E-state index contributed by atoms with van der Waals surface area (Å²) in [5, 5.41) is 4.38. The fraction of sp³-hybridized carbons (Fsp3) is 0.190. The molecule has 1 amide bonds. The average Bonchev–Trinajstić information content (AvgIpc) is 3.33. The van der Waals surface area contributed by atoms with Crippen molar-refractivity contribution in [1.29, 1.82) is 0 Å². The van der Waals surface area contributed by atoms with Gasteiger partial charge < -0.3 is 10.1 Å². The highest BCUT2D eigenvalue weighted by molar-refractivity contribution is 7.94. The van der Waals surface area contributed by atoms with Gasteiger partial charge in [-0.25, -0.2) is 21.1 Å². The van der Waals surface area contributed by atoms with Crippen molar-refractivity contribution in [3.05, 3.63) is 71.6 Å². The molecule has 1 heterocycles. The Labute approximate surface area is 197 Å². The molecule has 9 nitrogen and oxygen atoms in total. The van der Waals surface area contributed by atoms with E-state index in [9.17, 15) is 21.6 Å². The Morgan fingerprint density at radius 1 is 0.970 bits per heavy atom. The molecule has 3 aromatic rings. The van der Waals surface area contributed by atoms with Gasteiger partial charge in [-0.2, -0.15) is 0 Å². The standard InChI is InChI=1S/C21H23N3O6S3/c1-24(2)33(28,29)19-11-9-18(10-12-19)30-14-13-22-21(25)16-5-7-17(8-6-16)23-32(26,27)20-4-3-15-31-20/h3-12,15,23H,13-14H2,1-2H3,(H,22,25). The minimum absolute atomic E-state index is 0.161. The second kappa shape index (κ2) is 10.3. The summed E-state index contributed by atoms with van der Waals surface area (Å²) in [6.45, 7) is 0.410. The van der Waals surface area contributed by atoms with E-state index < -0.39 is 20.0 Å². The summed E-state index contributed by atoms with van der Waals surface area (Å²) >= 11 is 1.11. The number of ether oxygens (including phenoxy) is 1. The molecule has 3 rings (SSSR count). The number of amides is 1. The number of nitrogens with one attached hydrogen (secondary N) is 2. The van der Waals surface area contributed by atoms with Gasteiger partial charge in [0.05, 0.1) is 11.4 Å². The SMILES string of the molecule is CN(C)S(=O)(=O)c1ccc(OCCNC(=O)c2ccc(NS(=O)(=O)c3cccs3)cc2)cc1. The Morgan fingerprint density at radius 3 is 2.21 bits per heavy atom. The number of hydrogen-bond acceptors (Lipinski definition) is 7. The first kappa shape index (κ1) is 24.7. The van der Waals surface area contributed by atoms with E-state index in [1.807, 2.05) is 0 Å². The summed E-state index contributed by atoms with van der Waals surface area (Å²) < 4.78 is 57.9. The van der Waals surface area contributed by atoms with Crippen molar-refractivity contribution >= 4 is 43.0 Å². The number of benzene rings is 2. The molecule has 2 N–H and O–H groups in total. The fourth-order valence-corrected chi connectivity index (χ4v) is 5.62. The van der Waals surface area contributed by atoms with E-state index in [2.05, 4.69) is 10.0 Å². The second-order valence-electron chi connectivity index (χ2n) is 6.98. The van der Waals surface area contributed by atoms with Crippen LogP contribution in [-0.2, 0) is 20.0 Å². The number of hydrogen-bond donors (Lipinski definition) is 2. The summed E-state index contributed by atoms with van der Waals surface area (Å²) in [5.74, 6) is 0.142. The van der Waals surface area contributed by atoms with Crippen molar-refractivity contribution < 1.29 is 26.4 Å². The molecule has 0 aliphatic carbocycles. The second-order valence-corrected chi connectivity index (χ2v) is 12.0. The van der Waals surface area contributed by atoms with Crippen molar-refractivity contribution in [3.63, 3.8) is 0 Å². The molecule has 0 saturated carbocycles. The summed E-state index contributed by atoms with van der Waals surface area (Å²) in [6, 6.07) is 15.2. The van der Waals surface area contributed by atoms with Gasteiger partial charge in [-0.15, -0.1) is 11.3 Å². The Morgan fingerprint density at radius 2 is 1.64 bits per heavy atom. The molecular formula is C21H23N3O6S3. The predicted molar refractivity (Wildman–Crippen MR) is 127 cm³/mol. The number of thiophene rings is 1. The zero-order valence-corrected chi connectivity index (χ0v) is 20.3. The first-order valence-electron chi connectivity index (χ1n) is 9.69. The molecule has 0 saturated heterocycles. The van der Waals surface area contributed by atoms with Crippen LogP contribution in [0.4, 0.5) is 5.69 Å². The molecule has 0 aliphatic heterocycles. The molecule has 0 spiro atoms. The van der Waals surface area contributed by atoms with E-state index in [0.717, 1.165) is 15.6 Å². The van der Waals surface area contributed by atoms with Crippen molar-refractivity contribution in [2.75, 3.05) is 32.0 Å². The van der Waals surface area contributed by atoms with Gasteiger partial charge in [0.1, 0.15) is 16.6 Å². The Hall–Kier alpha value is -2.93. The third kappa shape index (κ3) is 6.32. The monoisotopic (exact) mass is 509 g/mol. The predicted octanol–water partition coefficient (Wildman–Crippen LogP) is 2.61. The number of sulfonamides is 2. The Kier molecular flexibility index (Phi) is 7.74. The zero-order chi connectivity index (χ0) is 24.1. The van der Waals surface area contributed by atoms with Gasteiger partial charge in [0.25, 0.3) is 15.9 Å². The molecule has 2 aromatic carbocycles. The highest BCUT2D eigenvalue weighted by Gasteiger charge is 2.17. The van der Waals surface area contributed by atoms with Crippen molar-refractivity contribution in [3.8, 4) is 5.75 Å². The largest absolute Gasteiger partial charge is 0.492 e. The third-order valence-electron chi connectivity index (χ3n) is 4.42. The van der Waals surface area contributed by atoms with E-state index in [0.29, 0.717) is 17.0 Å². The van der Waals surface area contributed by atoms with Gasteiger partial charge in [0, 0.05) is 25.3 Å². The summed E-state index contributed by atoms with van der Waals surface area (Å²) in [5.41, 5.74) is 0.718. The number of nitrogens with zero attached hydrogens (tertiary/aromatic N) is 1. The quantitative estimate of drug-likeness (QED) is 0.405. The molecule has 0 fully saturated rings. The number of rotatable bonds is 10. The molecule has 0 unspecified atom stereocenters. The maximum atomic E-state index is 12.3. The third-order valence-corrected chi connectivity index (χ3v) is 9.03. The van der Waals surface area contributed by atoms with E-state index >= 15 is 0 Å². The van der Waals surface area contributed by atoms with Crippen molar-refractivity contribution in [2.24, 2.45) is 0 Å². The fourth-order valence-electron chi connectivity index (χ4n) is 2.67. The van der Waals surface area contributed by atoms with Crippen LogP contribution in [0.2, 0.25) is 0 Å². The zero-order valence-electron chi connectivity index (χ0n) is 17.9. The van der Waals surface area contributed by atoms with E-state index in [4.69, 9.17) is 4.74 Å². The van der Waals surface area contributed by atoms with Crippen LogP contribution in [0.15, 0.2) is 75.1 Å². The number of carbonyl (C=O) groups is 1. The normalized spacial score (nSPS) is 11.8. The van der Waals surface area contributed by atoms with Gasteiger partial charge in [-0.1, -0.05) is 6.07 Å². The molecule has 0 bridgehead atoms. The lowest BCUT2D eigenvalue weighted by Crippen LogP contribution is -2.28.